The van der Waals surface area contributed by atoms with Gasteiger partial charge in [-0.05, 0) is 68.1 Å². The fourth-order valence-electron chi connectivity index (χ4n) is 3.95. The lowest BCUT2D eigenvalue weighted by molar-refractivity contribution is 0.198. The Bertz CT molecular complexity index is 1570. The Labute approximate surface area is 216 Å². The lowest BCUT2D eigenvalue weighted by Gasteiger charge is -2.09. The zero-order valence-electron chi connectivity index (χ0n) is 20.3. The highest BCUT2D eigenvalue weighted by Gasteiger charge is 2.24. The van der Waals surface area contributed by atoms with Crippen molar-refractivity contribution in [1.29, 1.82) is 0 Å². The molecule has 0 atom stereocenters. The fraction of sp³-hybridized carbons (Fsp3) is 0.259. The number of H-pyrrole nitrogens is 1. The number of sulfone groups is 1. The summed E-state index contributed by atoms with van der Waals surface area (Å²) >= 11 is 0. The molecule has 1 N–H and O–H groups in total. The normalized spacial score (nSPS) is 13.9. The van der Waals surface area contributed by atoms with Crippen molar-refractivity contribution in [3.63, 3.8) is 0 Å². The molecule has 196 valence electrons. The maximum absolute atomic E-state index is 13.6. The van der Waals surface area contributed by atoms with Gasteiger partial charge in [0.1, 0.15) is 5.82 Å². The average Bonchev–Trinajstić information content (AvgIpc) is 3.59. The highest BCUT2D eigenvalue weighted by Crippen LogP contribution is 2.31. The van der Waals surface area contributed by atoms with Crippen LogP contribution < -0.4 is 0 Å². The van der Waals surface area contributed by atoms with Crippen molar-refractivity contribution in [1.82, 2.24) is 4.98 Å². The van der Waals surface area contributed by atoms with E-state index in [9.17, 15) is 21.2 Å². The third kappa shape index (κ3) is 6.45. The number of aryl methyl sites for hydroxylation is 1. The molecule has 0 spiro atoms. The molecule has 1 fully saturated rings. The van der Waals surface area contributed by atoms with E-state index in [2.05, 4.69) is 4.98 Å². The van der Waals surface area contributed by atoms with Gasteiger partial charge in [0.25, 0.3) is 10.1 Å². The molecule has 1 saturated heterocycles. The predicted octanol–water partition coefficient (Wildman–Crippen LogP) is 5.19. The molecule has 4 aromatic rings. The van der Waals surface area contributed by atoms with Crippen LogP contribution in [0.1, 0.15) is 24.0 Å². The molecule has 0 amide bonds. The first-order chi connectivity index (χ1) is 17.7. The maximum Gasteiger partial charge on any atom is 0.296 e. The smallest absolute Gasteiger partial charge is 0.296 e. The van der Waals surface area contributed by atoms with Gasteiger partial charge < -0.3 is 9.72 Å². The Kier molecular flexibility index (Phi) is 8.43. The van der Waals surface area contributed by atoms with Crippen molar-refractivity contribution in [2.24, 2.45) is 0 Å². The zero-order valence-corrected chi connectivity index (χ0v) is 21.9. The van der Waals surface area contributed by atoms with Crippen LogP contribution in [0, 0.1) is 12.7 Å². The number of aromatic nitrogens is 1. The number of hydrogen-bond donors (Lipinski definition) is 1. The average molecular weight is 546 g/mol. The summed E-state index contributed by atoms with van der Waals surface area (Å²) in [7, 11) is -7.94. The summed E-state index contributed by atoms with van der Waals surface area (Å²) in [5.74, 6) is -0.652. The van der Waals surface area contributed by atoms with E-state index < -0.39 is 25.8 Å². The van der Waals surface area contributed by atoms with Crippen molar-refractivity contribution in [3.05, 3.63) is 89.9 Å². The van der Waals surface area contributed by atoms with Crippen LogP contribution in [0.25, 0.3) is 10.9 Å². The van der Waals surface area contributed by atoms with Gasteiger partial charge in [-0.15, -0.1) is 0 Å². The largest absolute Gasteiger partial charge is 0.381 e. The number of ether oxygens (including phenoxy) is 1. The van der Waals surface area contributed by atoms with Gasteiger partial charge in [0.15, 0.2) is 0 Å². The molecule has 2 heterocycles. The number of halogens is 1. The summed E-state index contributed by atoms with van der Waals surface area (Å²) in [4.78, 5) is 2.81. The SMILES string of the molecule is C1CCOC1.Cc1ccc(S(=O)(=O)OCCc2cccc3[nH]cc(S(=O)(=O)c4cccc(F)c4)c23)cc1. The monoisotopic (exact) mass is 545 g/mol. The Balaban J connectivity index is 0.000000572. The van der Waals surface area contributed by atoms with Gasteiger partial charge in [-0.25, -0.2) is 12.8 Å². The first kappa shape index (κ1) is 27.0. The number of nitrogens with one attached hydrogen (secondary N) is 1. The predicted molar refractivity (Wildman–Crippen MR) is 138 cm³/mol. The molecule has 0 unspecified atom stereocenters. The summed E-state index contributed by atoms with van der Waals surface area (Å²) in [6.07, 6.45) is 4.07. The molecular weight excluding hydrogens is 517 g/mol. The molecule has 0 radical (unpaired) electrons. The van der Waals surface area contributed by atoms with Gasteiger partial charge in [0.05, 0.1) is 21.3 Å². The van der Waals surface area contributed by atoms with Crippen LogP contribution in [-0.4, -0.2) is 41.6 Å². The minimum Gasteiger partial charge on any atom is -0.381 e. The van der Waals surface area contributed by atoms with E-state index in [0.717, 1.165) is 24.8 Å². The molecule has 37 heavy (non-hydrogen) atoms. The molecule has 0 aliphatic carbocycles. The van der Waals surface area contributed by atoms with E-state index in [1.54, 1.807) is 30.3 Å². The van der Waals surface area contributed by atoms with E-state index in [1.807, 2.05) is 6.92 Å². The number of rotatable bonds is 7. The van der Waals surface area contributed by atoms with E-state index in [4.69, 9.17) is 8.92 Å². The van der Waals surface area contributed by atoms with Crippen molar-refractivity contribution in [3.8, 4) is 0 Å². The molecular formula is C27H28FNO6S2. The molecule has 3 aromatic carbocycles. The van der Waals surface area contributed by atoms with Gasteiger partial charge in [-0.2, -0.15) is 8.42 Å². The number of fused-ring (bicyclic) bond motifs is 1. The fourth-order valence-corrected chi connectivity index (χ4v) is 6.36. The van der Waals surface area contributed by atoms with E-state index in [0.29, 0.717) is 16.5 Å². The summed E-state index contributed by atoms with van der Waals surface area (Å²) in [5.41, 5.74) is 2.09. The van der Waals surface area contributed by atoms with E-state index in [-0.39, 0.29) is 27.7 Å². The zero-order chi connectivity index (χ0) is 26.5. The van der Waals surface area contributed by atoms with Crippen molar-refractivity contribution >= 4 is 30.9 Å². The number of aromatic amines is 1. The quantitative estimate of drug-likeness (QED) is 0.321. The van der Waals surface area contributed by atoms with Crippen LogP contribution in [0.15, 0.2) is 87.6 Å². The van der Waals surface area contributed by atoms with Gasteiger partial charge >= 0.3 is 0 Å². The molecule has 1 aliphatic rings. The second-order valence-corrected chi connectivity index (χ2v) is 12.1. The molecule has 10 heteroatoms. The summed E-state index contributed by atoms with van der Waals surface area (Å²) < 4.78 is 74.9. The Hall–Kier alpha value is -3.05. The highest BCUT2D eigenvalue weighted by atomic mass is 32.2. The lowest BCUT2D eigenvalue weighted by atomic mass is 10.1. The van der Waals surface area contributed by atoms with Crippen molar-refractivity contribution < 1.29 is 30.1 Å². The highest BCUT2D eigenvalue weighted by molar-refractivity contribution is 7.91. The third-order valence-corrected chi connectivity index (χ3v) is 9.00. The Morgan fingerprint density at radius 3 is 2.27 bits per heavy atom. The standard InChI is InChI=1S/C23H20FNO5S2.C4H8O/c1-16-8-10-19(11-9-16)32(28,29)30-13-12-17-4-2-7-21-23(17)22(15-25-21)31(26,27)20-6-3-5-18(24)14-20;1-2-4-5-3-1/h2-11,14-15,25H,12-13H2,1H3;1-4H2. The van der Waals surface area contributed by atoms with Gasteiger partial charge in [-0.3, -0.25) is 4.18 Å². The van der Waals surface area contributed by atoms with Crippen molar-refractivity contribution in [2.45, 2.75) is 40.9 Å². The maximum atomic E-state index is 13.6. The summed E-state index contributed by atoms with van der Waals surface area (Å²) in [6.45, 7) is 3.68. The summed E-state index contributed by atoms with van der Waals surface area (Å²) in [5, 5.41) is 0.424. The lowest BCUT2D eigenvalue weighted by Crippen LogP contribution is -2.10. The van der Waals surface area contributed by atoms with Crippen LogP contribution >= 0.6 is 0 Å². The second-order valence-electron chi connectivity index (χ2n) is 8.61. The van der Waals surface area contributed by atoms with Gasteiger partial charge in [0, 0.05) is 30.3 Å². The minimum atomic E-state index is -4.00. The van der Waals surface area contributed by atoms with E-state index >= 15 is 0 Å². The van der Waals surface area contributed by atoms with Crippen LogP contribution in [0.5, 0.6) is 0 Å². The number of benzene rings is 3. The van der Waals surface area contributed by atoms with Crippen LogP contribution in [-0.2, 0) is 35.3 Å². The van der Waals surface area contributed by atoms with Crippen molar-refractivity contribution in [2.75, 3.05) is 19.8 Å². The molecule has 1 aromatic heterocycles. The first-order valence-electron chi connectivity index (χ1n) is 11.8. The topological polar surface area (TPSA) is 103 Å². The third-order valence-electron chi connectivity index (χ3n) is 5.90. The molecule has 0 saturated carbocycles. The Morgan fingerprint density at radius 1 is 0.919 bits per heavy atom. The summed E-state index contributed by atoms with van der Waals surface area (Å²) in [6, 6.07) is 16.3. The van der Waals surface area contributed by atoms with E-state index in [1.165, 1.54) is 49.4 Å². The molecule has 0 bridgehead atoms. The van der Waals surface area contributed by atoms with Crippen LogP contribution in [0.3, 0.4) is 0 Å². The first-order valence-corrected chi connectivity index (χ1v) is 14.7. The molecule has 5 rings (SSSR count). The molecule has 1 aliphatic heterocycles. The second kappa shape index (κ2) is 11.6. The Morgan fingerprint density at radius 2 is 1.62 bits per heavy atom. The minimum absolute atomic E-state index is 0.00454. The number of hydrogen-bond acceptors (Lipinski definition) is 6. The molecule has 7 nitrogen and oxygen atoms in total. The van der Waals surface area contributed by atoms with Crippen LogP contribution in [0.2, 0.25) is 0 Å². The van der Waals surface area contributed by atoms with Gasteiger partial charge in [-0.1, -0.05) is 35.9 Å². The van der Waals surface area contributed by atoms with Gasteiger partial charge in [0.2, 0.25) is 9.84 Å². The van der Waals surface area contributed by atoms with Crippen LogP contribution in [0.4, 0.5) is 4.39 Å².